The van der Waals surface area contributed by atoms with Gasteiger partial charge >= 0.3 is 0 Å². The van der Waals surface area contributed by atoms with E-state index < -0.39 is 9.84 Å². The maximum Gasteiger partial charge on any atom is 0.245 e. The third kappa shape index (κ3) is 5.41. The summed E-state index contributed by atoms with van der Waals surface area (Å²) in [6.07, 6.45) is 9.22. The number of sulfone groups is 1. The quantitative estimate of drug-likeness (QED) is 0.663. The highest BCUT2D eigenvalue weighted by atomic mass is 35.5. The lowest BCUT2D eigenvalue weighted by Crippen LogP contribution is -2.54. The van der Waals surface area contributed by atoms with Crippen molar-refractivity contribution in [2.75, 3.05) is 36.1 Å². The summed E-state index contributed by atoms with van der Waals surface area (Å²) in [5.41, 5.74) is 1.77. The predicted molar refractivity (Wildman–Crippen MR) is 130 cm³/mol. The van der Waals surface area contributed by atoms with Gasteiger partial charge < -0.3 is 15.1 Å². The second-order valence-corrected chi connectivity index (χ2v) is 11.1. The fourth-order valence-corrected chi connectivity index (χ4v) is 5.89. The van der Waals surface area contributed by atoms with E-state index in [9.17, 15) is 13.2 Å². The van der Waals surface area contributed by atoms with Crippen molar-refractivity contribution in [3.8, 4) is 0 Å². The number of anilines is 2. The van der Waals surface area contributed by atoms with E-state index in [1.54, 1.807) is 12.1 Å². The van der Waals surface area contributed by atoms with Gasteiger partial charge in [-0.15, -0.1) is 0 Å². The molecule has 0 radical (unpaired) electrons. The first-order chi connectivity index (χ1) is 15.8. The van der Waals surface area contributed by atoms with Crippen molar-refractivity contribution < 1.29 is 13.2 Å². The van der Waals surface area contributed by atoms with Crippen molar-refractivity contribution in [3.05, 3.63) is 41.2 Å². The summed E-state index contributed by atoms with van der Waals surface area (Å²) in [5, 5.41) is 3.42. The molecule has 1 aromatic carbocycles. The standard InChI is InChI=1S/C23H30ClN5O3S/c1-3-16-14-25-23(26-15-16)28-11-8-18(9-12-28)29-10-4-5-20(22(29)30)27-17-6-7-21(19(24)13-17)33(2,31)32/h6-7,13-15,18,20,27H,3-5,8-12H2,1-2H3. The van der Waals surface area contributed by atoms with Crippen molar-refractivity contribution in [2.24, 2.45) is 0 Å². The molecule has 2 aliphatic heterocycles. The lowest BCUT2D eigenvalue weighted by atomic mass is 9.97. The van der Waals surface area contributed by atoms with Gasteiger partial charge in [0.05, 0.1) is 9.92 Å². The van der Waals surface area contributed by atoms with Gasteiger partial charge in [0.25, 0.3) is 0 Å². The Labute approximate surface area is 200 Å². The summed E-state index contributed by atoms with van der Waals surface area (Å²) in [4.78, 5) is 26.5. The Bertz CT molecular complexity index is 1100. The molecule has 1 atom stereocenters. The first kappa shape index (κ1) is 23.8. The number of carbonyl (C=O) groups is 1. The maximum absolute atomic E-state index is 13.3. The normalized spacial score (nSPS) is 20.2. The molecule has 10 heteroatoms. The maximum atomic E-state index is 13.3. The largest absolute Gasteiger partial charge is 0.374 e. The van der Waals surface area contributed by atoms with Crippen LogP contribution in [0, 0.1) is 0 Å². The molecule has 1 N–H and O–H groups in total. The number of nitrogens with one attached hydrogen (secondary N) is 1. The van der Waals surface area contributed by atoms with Gasteiger partial charge in [-0.3, -0.25) is 4.79 Å². The number of aryl methyl sites for hydroxylation is 1. The predicted octanol–water partition coefficient (Wildman–Crippen LogP) is 3.17. The van der Waals surface area contributed by atoms with Crippen LogP contribution in [0.3, 0.4) is 0 Å². The molecule has 2 aliphatic rings. The highest BCUT2D eigenvalue weighted by Crippen LogP contribution is 2.28. The zero-order valence-corrected chi connectivity index (χ0v) is 20.6. The molecule has 2 saturated heterocycles. The minimum absolute atomic E-state index is 0.0892. The number of rotatable bonds is 6. The van der Waals surface area contributed by atoms with E-state index in [2.05, 4.69) is 27.1 Å². The lowest BCUT2D eigenvalue weighted by molar-refractivity contribution is -0.137. The Morgan fingerprint density at radius 2 is 1.82 bits per heavy atom. The van der Waals surface area contributed by atoms with Gasteiger partial charge in [-0.25, -0.2) is 18.4 Å². The van der Waals surface area contributed by atoms with E-state index in [4.69, 9.17) is 11.6 Å². The molecule has 4 rings (SSSR count). The summed E-state index contributed by atoms with van der Waals surface area (Å²) in [6, 6.07) is 4.57. The molecule has 178 valence electrons. The van der Waals surface area contributed by atoms with Gasteiger partial charge in [-0.2, -0.15) is 0 Å². The van der Waals surface area contributed by atoms with Crippen molar-refractivity contribution in [2.45, 2.75) is 56.0 Å². The fourth-order valence-electron chi connectivity index (χ4n) is 4.56. The first-order valence-electron chi connectivity index (χ1n) is 11.4. The number of nitrogens with zero attached hydrogens (tertiary/aromatic N) is 4. The molecule has 2 aromatic rings. The molecule has 1 unspecified atom stereocenters. The van der Waals surface area contributed by atoms with Gasteiger partial charge in [0.1, 0.15) is 6.04 Å². The molecule has 0 saturated carbocycles. The van der Waals surface area contributed by atoms with Gasteiger partial charge in [0.2, 0.25) is 11.9 Å². The third-order valence-electron chi connectivity index (χ3n) is 6.43. The van der Waals surface area contributed by atoms with E-state index in [0.717, 1.165) is 69.5 Å². The van der Waals surface area contributed by atoms with Crippen LogP contribution in [-0.2, 0) is 21.1 Å². The molecule has 0 bridgehead atoms. The number of amides is 1. The summed E-state index contributed by atoms with van der Waals surface area (Å²) >= 11 is 6.17. The van der Waals surface area contributed by atoms with Crippen LogP contribution in [-0.4, -0.2) is 67.2 Å². The van der Waals surface area contributed by atoms with Crippen LogP contribution in [0.25, 0.3) is 0 Å². The zero-order valence-electron chi connectivity index (χ0n) is 19.0. The van der Waals surface area contributed by atoms with E-state index in [1.165, 1.54) is 6.07 Å². The Morgan fingerprint density at radius 1 is 1.12 bits per heavy atom. The monoisotopic (exact) mass is 491 g/mol. The van der Waals surface area contributed by atoms with Gasteiger partial charge in [0, 0.05) is 50.0 Å². The Hall–Kier alpha value is -2.39. The van der Waals surface area contributed by atoms with E-state index >= 15 is 0 Å². The zero-order chi connectivity index (χ0) is 23.6. The van der Waals surface area contributed by atoms with Crippen LogP contribution in [0.5, 0.6) is 0 Å². The molecular weight excluding hydrogens is 462 g/mol. The highest BCUT2D eigenvalue weighted by Gasteiger charge is 2.35. The molecule has 1 amide bonds. The summed E-state index contributed by atoms with van der Waals surface area (Å²) < 4.78 is 23.6. The van der Waals surface area contributed by atoms with Crippen molar-refractivity contribution in [1.82, 2.24) is 14.9 Å². The first-order valence-corrected chi connectivity index (χ1v) is 13.7. The van der Waals surface area contributed by atoms with Crippen molar-refractivity contribution in [3.63, 3.8) is 0 Å². The van der Waals surface area contributed by atoms with E-state index in [1.807, 2.05) is 17.3 Å². The Balaban J connectivity index is 1.37. The van der Waals surface area contributed by atoms with Crippen LogP contribution in [0.2, 0.25) is 5.02 Å². The van der Waals surface area contributed by atoms with Crippen LogP contribution >= 0.6 is 11.6 Å². The Kier molecular flexibility index (Phi) is 7.09. The average molecular weight is 492 g/mol. The number of benzene rings is 1. The molecular formula is C23H30ClN5O3S. The van der Waals surface area contributed by atoms with Crippen LogP contribution in [0.1, 0.15) is 38.2 Å². The second-order valence-electron chi connectivity index (χ2n) is 8.75. The molecule has 1 aromatic heterocycles. The average Bonchev–Trinajstić information content (AvgIpc) is 2.80. The van der Waals surface area contributed by atoms with Crippen LogP contribution in [0.15, 0.2) is 35.5 Å². The summed E-state index contributed by atoms with van der Waals surface area (Å²) in [5.74, 6) is 0.844. The van der Waals surface area contributed by atoms with Gasteiger partial charge in [-0.1, -0.05) is 18.5 Å². The number of aromatic nitrogens is 2. The number of halogens is 1. The smallest absolute Gasteiger partial charge is 0.245 e. The summed E-state index contributed by atoms with van der Waals surface area (Å²) in [7, 11) is -3.39. The molecule has 0 aliphatic carbocycles. The number of piperidine rings is 2. The summed E-state index contributed by atoms with van der Waals surface area (Å²) in [6.45, 7) is 4.49. The van der Waals surface area contributed by atoms with Gasteiger partial charge in [-0.05, 0) is 55.9 Å². The highest BCUT2D eigenvalue weighted by molar-refractivity contribution is 7.90. The number of carbonyl (C=O) groups excluding carboxylic acids is 1. The Morgan fingerprint density at radius 3 is 2.42 bits per heavy atom. The topological polar surface area (TPSA) is 95.5 Å². The van der Waals surface area contributed by atoms with E-state index in [-0.39, 0.29) is 27.9 Å². The third-order valence-corrected chi connectivity index (χ3v) is 8.01. The SMILES string of the molecule is CCc1cnc(N2CCC(N3CCCC(Nc4ccc(S(C)(=O)=O)c(Cl)c4)C3=O)CC2)nc1. The van der Waals surface area contributed by atoms with Crippen LogP contribution in [0.4, 0.5) is 11.6 Å². The van der Waals surface area contributed by atoms with Crippen molar-refractivity contribution >= 4 is 39.0 Å². The van der Waals surface area contributed by atoms with E-state index in [0.29, 0.717) is 5.69 Å². The van der Waals surface area contributed by atoms with Gasteiger partial charge in [0.15, 0.2) is 9.84 Å². The molecule has 8 nitrogen and oxygen atoms in total. The molecule has 2 fully saturated rings. The molecule has 0 spiro atoms. The number of hydrogen-bond donors (Lipinski definition) is 1. The molecule has 3 heterocycles. The van der Waals surface area contributed by atoms with Crippen molar-refractivity contribution in [1.29, 1.82) is 0 Å². The minimum atomic E-state index is -3.39. The van der Waals surface area contributed by atoms with Crippen LogP contribution < -0.4 is 10.2 Å². The lowest BCUT2D eigenvalue weighted by Gasteiger charge is -2.42. The molecule has 33 heavy (non-hydrogen) atoms. The minimum Gasteiger partial charge on any atom is -0.374 e. The fraction of sp³-hybridized carbons (Fsp3) is 0.522. The number of hydrogen-bond acceptors (Lipinski definition) is 7. The number of likely N-dealkylation sites (tertiary alicyclic amines) is 1. The second kappa shape index (κ2) is 9.85.